The van der Waals surface area contributed by atoms with Crippen LogP contribution in [0.5, 0.6) is 0 Å². The Morgan fingerprint density at radius 1 is 1.29 bits per heavy atom. The van der Waals surface area contributed by atoms with Crippen molar-refractivity contribution in [3.63, 3.8) is 0 Å². The van der Waals surface area contributed by atoms with Crippen molar-refractivity contribution in [2.75, 3.05) is 0 Å². The van der Waals surface area contributed by atoms with Gasteiger partial charge in [0, 0.05) is 27.1 Å². The van der Waals surface area contributed by atoms with Gasteiger partial charge in [0.1, 0.15) is 0 Å². The molecule has 0 saturated carbocycles. The minimum atomic E-state index is 0.456. The normalized spacial score (nSPS) is 10.8. The van der Waals surface area contributed by atoms with E-state index in [2.05, 4.69) is 42.9 Å². The highest BCUT2D eigenvalue weighted by molar-refractivity contribution is 9.11. The zero-order chi connectivity index (χ0) is 10.1. The first kappa shape index (κ1) is 10.1. The highest BCUT2D eigenvalue weighted by atomic mass is 79.9. The molecule has 1 aromatic heterocycles. The Labute approximate surface area is 98.8 Å². The van der Waals surface area contributed by atoms with Gasteiger partial charge in [-0.1, -0.05) is 31.9 Å². The van der Waals surface area contributed by atoms with Crippen molar-refractivity contribution < 1.29 is 0 Å². The fourth-order valence-corrected chi connectivity index (χ4v) is 2.94. The number of nitrogens with zero attached hydrogens (tertiary/aromatic N) is 1. The largest absolute Gasteiger partial charge is 0.325 e. The number of halogens is 2. The van der Waals surface area contributed by atoms with Crippen molar-refractivity contribution in [3.05, 3.63) is 39.0 Å². The van der Waals surface area contributed by atoms with Gasteiger partial charge in [0.25, 0.3) is 0 Å². The fourth-order valence-electron chi connectivity index (χ4n) is 1.46. The van der Waals surface area contributed by atoms with Crippen LogP contribution in [0.1, 0.15) is 5.69 Å². The van der Waals surface area contributed by atoms with E-state index in [0.29, 0.717) is 6.54 Å². The van der Waals surface area contributed by atoms with Gasteiger partial charge in [-0.25, -0.2) is 0 Å². The van der Waals surface area contributed by atoms with Crippen molar-refractivity contribution in [1.29, 1.82) is 0 Å². The molecule has 1 aromatic carbocycles. The van der Waals surface area contributed by atoms with Crippen molar-refractivity contribution >= 4 is 42.6 Å². The first-order valence-electron chi connectivity index (χ1n) is 4.15. The summed E-state index contributed by atoms with van der Waals surface area (Å²) in [6.45, 7) is 0.456. The van der Waals surface area contributed by atoms with Crippen LogP contribution in [0.4, 0.5) is 0 Å². The molecule has 0 unspecified atom stereocenters. The summed E-state index contributed by atoms with van der Waals surface area (Å²) in [7, 11) is 0. The van der Waals surface area contributed by atoms with Gasteiger partial charge in [0.2, 0.25) is 0 Å². The van der Waals surface area contributed by atoms with Crippen LogP contribution >= 0.6 is 31.9 Å². The molecule has 0 spiro atoms. The third-order valence-electron chi connectivity index (χ3n) is 2.05. The van der Waals surface area contributed by atoms with Crippen molar-refractivity contribution in [2.45, 2.75) is 6.54 Å². The van der Waals surface area contributed by atoms with Crippen LogP contribution in [0.25, 0.3) is 10.8 Å². The molecule has 0 radical (unpaired) electrons. The third-order valence-corrected chi connectivity index (χ3v) is 3.14. The maximum atomic E-state index is 5.63. The van der Waals surface area contributed by atoms with Gasteiger partial charge in [-0.3, -0.25) is 4.98 Å². The Balaban J connectivity index is 2.87. The van der Waals surface area contributed by atoms with E-state index in [1.54, 1.807) is 6.20 Å². The van der Waals surface area contributed by atoms with Crippen LogP contribution in [0.3, 0.4) is 0 Å². The summed E-state index contributed by atoms with van der Waals surface area (Å²) in [5.74, 6) is 0. The molecule has 0 fully saturated rings. The molecule has 0 atom stereocenters. The SMILES string of the molecule is NCc1nccc2cc(Br)cc(Br)c12. The van der Waals surface area contributed by atoms with Crippen LogP contribution < -0.4 is 5.73 Å². The summed E-state index contributed by atoms with van der Waals surface area (Å²) in [5, 5.41) is 2.24. The van der Waals surface area contributed by atoms with Crippen LogP contribution in [-0.2, 0) is 6.54 Å². The minimum absolute atomic E-state index is 0.456. The molecule has 1 heterocycles. The molecule has 0 amide bonds. The van der Waals surface area contributed by atoms with E-state index in [1.807, 2.05) is 12.1 Å². The lowest BCUT2D eigenvalue weighted by atomic mass is 10.1. The summed E-state index contributed by atoms with van der Waals surface area (Å²) in [4.78, 5) is 4.25. The van der Waals surface area contributed by atoms with E-state index < -0.39 is 0 Å². The van der Waals surface area contributed by atoms with Gasteiger partial charge in [-0.05, 0) is 23.6 Å². The Kier molecular flexibility index (Phi) is 2.85. The molecule has 2 rings (SSSR count). The zero-order valence-corrected chi connectivity index (χ0v) is 10.5. The molecule has 2 aromatic rings. The lowest BCUT2D eigenvalue weighted by Gasteiger charge is -2.05. The average Bonchev–Trinajstić information content (AvgIpc) is 2.16. The summed E-state index contributed by atoms with van der Waals surface area (Å²) < 4.78 is 2.07. The maximum Gasteiger partial charge on any atom is 0.0629 e. The minimum Gasteiger partial charge on any atom is -0.325 e. The van der Waals surface area contributed by atoms with Gasteiger partial charge < -0.3 is 5.73 Å². The van der Waals surface area contributed by atoms with E-state index in [0.717, 1.165) is 25.4 Å². The summed E-state index contributed by atoms with van der Waals surface area (Å²) in [6, 6.07) is 6.04. The molecule has 0 aliphatic carbocycles. The lowest BCUT2D eigenvalue weighted by Crippen LogP contribution is -2.00. The summed E-state index contributed by atoms with van der Waals surface area (Å²) in [6.07, 6.45) is 1.78. The van der Waals surface area contributed by atoms with Gasteiger partial charge in [0.05, 0.1) is 5.69 Å². The average molecular weight is 316 g/mol. The molecule has 0 aliphatic rings. The highest BCUT2D eigenvalue weighted by Crippen LogP contribution is 2.29. The van der Waals surface area contributed by atoms with Crippen LogP contribution in [0, 0.1) is 0 Å². The second kappa shape index (κ2) is 3.96. The molecule has 72 valence electrons. The van der Waals surface area contributed by atoms with Crippen molar-refractivity contribution in [1.82, 2.24) is 4.98 Å². The van der Waals surface area contributed by atoms with Gasteiger partial charge in [0.15, 0.2) is 0 Å². The quantitative estimate of drug-likeness (QED) is 0.877. The first-order valence-corrected chi connectivity index (χ1v) is 5.73. The van der Waals surface area contributed by atoms with E-state index in [1.165, 1.54) is 0 Å². The number of nitrogens with two attached hydrogens (primary N) is 1. The second-order valence-corrected chi connectivity index (χ2v) is 4.72. The molecule has 0 bridgehead atoms. The Hall–Kier alpha value is -0.450. The van der Waals surface area contributed by atoms with E-state index in [4.69, 9.17) is 5.73 Å². The molecular weight excluding hydrogens is 308 g/mol. The van der Waals surface area contributed by atoms with Crippen LogP contribution in [0.2, 0.25) is 0 Å². The number of benzene rings is 1. The Bertz CT molecular complexity index is 483. The number of hydrogen-bond donors (Lipinski definition) is 1. The van der Waals surface area contributed by atoms with Gasteiger partial charge in [-0.2, -0.15) is 0 Å². The van der Waals surface area contributed by atoms with E-state index in [-0.39, 0.29) is 0 Å². The topological polar surface area (TPSA) is 38.9 Å². The van der Waals surface area contributed by atoms with Crippen LogP contribution in [-0.4, -0.2) is 4.98 Å². The summed E-state index contributed by atoms with van der Waals surface area (Å²) >= 11 is 6.96. The first-order chi connectivity index (χ1) is 6.72. The number of pyridine rings is 1. The molecule has 0 saturated heterocycles. The zero-order valence-electron chi connectivity index (χ0n) is 7.30. The maximum absolute atomic E-state index is 5.63. The van der Waals surface area contributed by atoms with E-state index in [9.17, 15) is 0 Å². The molecule has 0 aliphatic heterocycles. The van der Waals surface area contributed by atoms with Crippen LogP contribution in [0.15, 0.2) is 33.3 Å². The third kappa shape index (κ3) is 1.69. The highest BCUT2D eigenvalue weighted by Gasteiger charge is 2.05. The molecule has 4 heteroatoms. The fraction of sp³-hybridized carbons (Fsp3) is 0.100. The van der Waals surface area contributed by atoms with Crippen molar-refractivity contribution in [3.8, 4) is 0 Å². The predicted octanol–water partition coefficient (Wildman–Crippen LogP) is 3.22. The smallest absolute Gasteiger partial charge is 0.0629 e. The van der Waals surface area contributed by atoms with Crippen molar-refractivity contribution in [2.24, 2.45) is 5.73 Å². The monoisotopic (exact) mass is 314 g/mol. The number of hydrogen-bond acceptors (Lipinski definition) is 2. The number of fused-ring (bicyclic) bond motifs is 1. The second-order valence-electron chi connectivity index (χ2n) is 2.95. The predicted molar refractivity (Wildman–Crippen MR) is 65.0 cm³/mol. The molecule has 14 heavy (non-hydrogen) atoms. The molecular formula is C10H8Br2N2. The Morgan fingerprint density at radius 2 is 2.07 bits per heavy atom. The van der Waals surface area contributed by atoms with E-state index >= 15 is 0 Å². The summed E-state index contributed by atoms with van der Waals surface area (Å²) in [5.41, 5.74) is 6.55. The van der Waals surface area contributed by atoms with Gasteiger partial charge in [-0.15, -0.1) is 0 Å². The standard InChI is InChI=1S/C10H8Br2N2/c11-7-3-6-1-2-14-9(5-13)10(6)8(12)4-7/h1-4H,5,13H2. The molecule has 2 nitrogen and oxygen atoms in total. The number of rotatable bonds is 1. The Morgan fingerprint density at radius 3 is 2.79 bits per heavy atom. The number of aromatic nitrogens is 1. The molecule has 2 N–H and O–H groups in total. The lowest BCUT2D eigenvalue weighted by molar-refractivity contribution is 1.01. The van der Waals surface area contributed by atoms with Gasteiger partial charge >= 0.3 is 0 Å².